The Morgan fingerprint density at radius 3 is 3.11 bits per heavy atom. The van der Waals surface area contributed by atoms with E-state index in [2.05, 4.69) is 30.2 Å². The normalized spacial score (nSPS) is 13.2. The Morgan fingerprint density at radius 2 is 2.28 bits per heavy atom. The van der Waals surface area contributed by atoms with Crippen molar-refractivity contribution in [2.24, 2.45) is 0 Å². The fraction of sp³-hybridized carbons (Fsp3) is 0.357. The van der Waals surface area contributed by atoms with Crippen molar-refractivity contribution in [3.05, 3.63) is 39.2 Å². The van der Waals surface area contributed by atoms with Crippen molar-refractivity contribution in [3.63, 3.8) is 0 Å². The lowest BCUT2D eigenvalue weighted by Gasteiger charge is -2.09. The van der Waals surface area contributed by atoms with Crippen molar-refractivity contribution >= 4 is 17.2 Å². The summed E-state index contributed by atoms with van der Waals surface area (Å²) in [6, 6.07) is 6.15. The number of nitrogens with zero attached hydrogens (tertiary/aromatic N) is 1. The number of fused-ring (bicyclic) bond motifs is 1. The first-order valence-electron chi connectivity index (χ1n) is 6.15. The first-order valence-corrected chi connectivity index (χ1v) is 6.97. The number of aromatic nitrogens is 1. The fourth-order valence-electron chi connectivity index (χ4n) is 2.08. The van der Waals surface area contributed by atoms with Gasteiger partial charge >= 0.3 is 0 Å². The van der Waals surface area contributed by atoms with E-state index >= 15 is 0 Å². The zero-order chi connectivity index (χ0) is 12.5. The van der Waals surface area contributed by atoms with E-state index in [0.717, 1.165) is 29.5 Å². The minimum absolute atomic E-state index is 0.559. The summed E-state index contributed by atoms with van der Waals surface area (Å²) in [6.07, 6.45) is 1.09. The van der Waals surface area contributed by atoms with Crippen molar-refractivity contribution in [1.29, 1.82) is 0 Å². The maximum absolute atomic E-state index is 5.86. The zero-order valence-corrected chi connectivity index (χ0v) is 11.4. The Kier molecular flexibility index (Phi) is 2.96. The molecular weight excluding hydrogens is 244 g/mol. The first-order chi connectivity index (χ1) is 8.74. The van der Waals surface area contributed by atoms with Crippen LogP contribution in [0.25, 0.3) is 0 Å². The summed E-state index contributed by atoms with van der Waals surface area (Å²) in [5, 5.41) is 4.33. The average molecular weight is 260 g/mol. The molecular formula is C14H16N2OS. The smallest absolute Gasteiger partial charge is 0.140 e. The third-order valence-electron chi connectivity index (χ3n) is 3.29. The molecule has 3 nitrogen and oxygen atoms in total. The number of nitrogens with one attached hydrogen (secondary N) is 1. The van der Waals surface area contributed by atoms with Crippen LogP contribution in [-0.2, 0) is 13.0 Å². The molecule has 18 heavy (non-hydrogen) atoms. The molecule has 0 bridgehead atoms. The number of anilines is 1. The number of rotatable bonds is 3. The molecule has 1 aliphatic heterocycles. The Morgan fingerprint density at radius 1 is 1.39 bits per heavy atom. The number of hydrogen-bond acceptors (Lipinski definition) is 4. The molecule has 0 aliphatic carbocycles. The predicted molar refractivity (Wildman–Crippen MR) is 74.6 cm³/mol. The van der Waals surface area contributed by atoms with Crippen LogP contribution in [-0.4, -0.2) is 11.5 Å². The molecule has 0 radical (unpaired) electrons. The quantitative estimate of drug-likeness (QED) is 0.919. The van der Waals surface area contributed by atoms with Gasteiger partial charge in [0.15, 0.2) is 0 Å². The van der Waals surface area contributed by atoms with Gasteiger partial charge in [0.25, 0.3) is 0 Å². The summed E-state index contributed by atoms with van der Waals surface area (Å²) >= 11 is 1.75. The Labute approximate surface area is 111 Å². The number of aryl methyl sites for hydroxylation is 1. The molecule has 0 saturated carbocycles. The molecule has 0 spiro atoms. The fourth-order valence-corrected chi connectivity index (χ4v) is 3.04. The van der Waals surface area contributed by atoms with Crippen molar-refractivity contribution in [1.82, 2.24) is 4.98 Å². The zero-order valence-electron chi connectivity index (χ0n) is 10.6. The lowest BCUT2D eigenvalue weighted by molar-refractivity contribution is 0.303. The predicted octanol–water partition coefficient (Wildman–Crippen LogP) is 3.31. The van der Waals surface area contributed by atoms with Gasteiger partial charge in [-0.2, -0.15) is 0 Å². The van der Waals surface area contributed by atoms with Crippen molar-refractivity contribution in [2.45, 2.75) is 26.9 Å². The van der Waals surface area contributed by atoms with E-state index in [1.165, 1.54) is 16.0 Å². The van der Waals surface area contributed by atoms with Gasteiger partial charge in [0.1, 0.15) is 23.2 Å². The summed E-state index contributed by atoms with van der Waals surface area (Å²) < 4.78 is 5.86. The van der Waals surface area contributed by atoms with Crippen LogP contribution < -0.4 is 10.1 Å². The van der Waals surface area contributed by atoms with Gasteiger partial charge in [-0.3, -0.25) is 0 Å². The minimum Gasteiger partial charge on any atom is -0.486 e. The van der Waals surface area contributed by atoms with Gasteiger partial charge in [-0.05, 0) is 31.0 Å². The molecule has 1 aromatic heterocycles. The standard InChI is InChI=1S/C14H16N2OS/c1-9-4-3-5-11(10(9)2)17-8-13-16-14-12(18-13)6-7-15-14/h3-5,15H,6-8H2,1-2H3. The Balaban J connectivity index is 1.72. The third kappa shape index (κ3) is 2.08. The molecule has 1 N–H and O–H groups in total. The van der Waals surface area contributed by atoms with Crippen LogP contribution in [0.3, 0.4) is 0 Å². The van der Waals surface area contributed by atoms with Crippen LogP contribution in [0.1, 0.15) is 21.0 Å². The summed E-state index contributed by atoms with van der Waals surface area (Å²) in [5.74, 6) is 2.01. The van der Waals surface area contributed by atoms with Gasteiger partial charge in [-0.1, -0.05) is 12.1 Å². The third-order valence-corrected chi connectivity index (χ3v) is 4.38. The Hall–Kier alpha value is -1.55. The monoisotopic (exact) mass is 260 g/mol. The van der Waals surface area contributed by atoms with Crippen molar-refractivity contribution in [2.75, 3.05) is 11.9 Å². The van der Waals surface area contributed by atoms with Crippen LogP contribution in [0.5, 0.6) is 5.75 Å². The second-order valence-corrected chi connectivity index (χ2v) is 5.71. The maximum atomic E-state index is 5.86. The molecule has 3 rings (SSSR count). The molecule has 94 valence electrons. The van der Waals surface area contributed by atoms with Crippen molar-refractivity contribution < 1.29 is 4.74 Å². The minimum atomic E-state index is 0.559. The molecule has 0 amide bonds. The number of hydrogen-bond donors (Lipinski definition) is 1. The lowest BCUT2D eigenvalue weighted by Crippen LogP contribution is -1.99. The van der Waals surface area contributed by atoms with Gasteiger partial charge in [0.05, 0.1) is 4.88 Å². The molecule has 2 aromatic rings. The average Bonchev–Trinajstić information content (AvgIpc) is 2.91. The highest BCUT2D eigenvalue weighted by Crippen LogP contribution is 2.29. The molecule has 1 aliphatic rings. The van der Waals surface area contributed by atoms with E-state index in [1.807, 2.05) is 12.1 Å². The highest BCUT2D eigenvalue weighted by atomic mass is 32.1. The van der Waals surface area contributed by atoms with E-state index < -0.39 is 0 Å². The summed E-state index contributed by atoms with van der Waals surface area (Å²) in [5.41, 5.74) is 2.47. The molecule has 1 aromatic carbocycles. The van der Waals surface area contributed by atoms with E-state index in [-0.39, 0.29) is 0 Å². The number of thiazole rings is 1. The maximum Gasteiger partial charge on any atom is 0.140 e. The molecule has 0 fully saturated rings. The SMILES string of the molecule is Cc1cccc(OCc2nc3c(s2)CCN3)c1C. The van der Waals surface area contributed by atoms with Gasteiger partial charge in [-0.15, -0.1) is 11.3 Å². The van der Waals surface area contributed by atoms with Crippen LogP contribution in [0.4, 0.5) is 5.82 Å². The van der Waals surface area contributed by atoms with Crippen LogP contribution >= 0.6 is 11.3 Å². The molecule has 0 saturated heterocycles. The van der Waals surface area contributed by atoms with Crippen LogP contribution in [0.2, 0.25) is 0 Å². The van der Waals surface area contributed by atoms with Crippen LogP contribution in [0, 0.1) is 13.8 Å². The summed E-state index contributed by atoms with van der Waals surface area (Å²) in [4.78, 5) is 5.90. The van der Waals surface area contributed by atoms with Gasteiger partial charge in [-0.25, -0.2) is 4.98 Å². The topological polar surface area (TPSA) is 34.1 Å². The van der Waals surface area contributed by atoms with Gasteiger partial charge in [0, 0.05) is 13.0 Å². The number of benzene rings is 1. The summed E-state index contributed by atoms with van der Waals surface area (Å²) in [7, 11) is 0. The molecule has 4 heteroatoms. The summed E-state index contributed by atoms with van der Waals surface area (Å²) in [6.45, 7) is 5.77. The van der Waals surface area contributed by atoms with E-state index in [0.29, 0.717) is 6.61 Å². The molecule has 0 atom stereocenters. The largest absolute Gasteiger partial charge is 0.486 e. The highest BCUT2D eigenvalue weighted by molar-refractivity contribution is 7.12. The van der Waals surface area contributed by atoms with Crippen molar-refractivity contribution in [3.8, 4) is 5.75 Å². The van der Waals surface area contributed by atoms with E-state index in [9.17, 15) is 0 Å². The second kappa shape index (κ2) is 4.61. The number of ether oxygens (including phenoxy) is 1. The Bertz CT molecular complexity index is 556. The molecule has 2 heterocycles. The van der Waals surface area contributed by atoms with E-state index in [4.69, 9.17) is 4.74 Å². The second-order valence-electron chi connectivity index (χ2n) is 4.54. The van der Waals surface area contributed by atoms with Crippen LogP contribution in [0.15, 0.2) is 18.2 Å². The lowest BCUT2D eigenvalue weighted by atomic mass is 10.1. The van der Waals surface area contributed by atoms with E-state index in [1.54, 1.807) is 11.3 Å². The van der Waals surface area contributed by atoms with Gasteiger partial charge in [0.2, 0.25) is 0 Å². The molecule has 0 unspecified atom stereocenters. The highest BCUT2D eigenvalue weighted by Gasteiger charge is 2.16. The first kappa shape index (κ1) is 11.5. The van der Waals surface area contributed by atoms with Gasteiger partial charge < -0.3 is 10.1 Å².